The van der Waals surface area contributed by atoms with Crippen molar-refractivity contribution in [2.24, 2.45) is 5.92 Å². The van der Waals surface area contributed by atoms with Crippen molar-refractivity contribution in [3.8, 4) is 0 Å². The summed E-state index contributed by atoms with van der Waals surface area (Å²) >= 11 is 0. The normalized spacial score (nSPS) is 16.5. The number of carbonyl (C=O) groups is 2. The molecule has 1 heterocycles. The number of nitrogens with one attached hydrogen (secondary N) is 1. The van der Waals surface area contributed by atoms with Crippen LogP contribution in [0.5, 0.6) is 0 Å². The second-order valence-corrected chi connectivity index (χ2v) is 6.57. The van der Waals surface area contributed by atoms with Gasteiger partial charge < -0.3 is 15.3 Å². The molecule has 18 heavy (non-hydrogen) atoms. The van der Waals surface area contributed by atoms with E-state index in [4.69, 9.17) is 5.11 Å². The summed E-state index contributed by atoms with van der Waals surface area (Å²) in [5, 5.41) is 11.1. The summed E-state index contributed by atoms with van der Waals surface area (Å²) in [4.78, 5) is 23.3. The topological polar surface area (TPSA) is 107 Å². The Kier molecular flexibility index (Phi) is 4.52. The second-order valence-electron chi connectivity index (χ2n) is 4.27. The molecule has 0 radical (unpaired) electrons. The third-order valence-corrected chi connectivity index (χ3v) is 4.54. The number of amides is 2. The van der Waals surface area contributed by atoms with Crippen LogP contribution in [0.25, 0.3) is 0 Å². The first-order valence-electron chi connectivity index (χ1n) is 5.40. The number of carboxylic acid groups (broad SMARTS) is 1. The van der Waals surface area contributed by atoms with Crippen LogP contribution in [0.3, 0.4) is 0 Å². The Balaban J connectivity index is 2.26. The van der Waals surface area contributed by atoms with E-state index in [0.29, 0.717) is 0 Å². The Hall–Kier alpha value is -1.35. The zero-order valence-corrected chi connectivity index (χ0v) is 11.1. The number of hydrogen-bond donors (Lipinski definition) is 2. The number of carbonyl (C=O) groups excluding carboxylic acids is 1. The van der Waals surface area contributed by atoms with Crippen LogP contribution in [0, 0.1) is 5.92 Å². The molecule has 2 N–H and O–H groups in total. The highest BCUT2D eigenvalue weighted by molar-refractivity contribution is 7.89. The summed E-state index contributed by atoms with van der Waals surface area (Å²) < 4.78 is 23.9. The highest BCUT2D eigenvalue weighted by atomic mass is 32.2. The number of likely N-dealkylation sites (tertiary alicyclic amines) is 1. The molecular formula is C9H17N3O5S. The van der Waals surface area contributed by atoms with Crippen LogP contribution in [0.1, 0.15) is 0 Å². The standard InChI is InChI=1S/C9H17N3O5S/c1-11(2)18(16,17)4-3-10-9(15)12-5-7(6-12)8(13)14/h7H,3-6H2,1-2H3,(H,10,15)(H,13,14). The number of rotatable bonds is 5. The van der Waals surface area contributed by atoms with Gasteiger partial charge in [-0.15, -0.1) is 0 Å². The van der Waals surface area contributed by atoms with E-state index in [0.717, 1.165) is 4.31 Å². The average molecular weight is 279 g/mol. The van der Waals surface area contributed by atoms with Crippen LogP contribution in [-0.4, -0.2) is 74.2 Å². The molecule has 0 saturated carbocycles. The largest absolute Gasteiger partial charge is 0.481 e. The molecule has 0 atom stereocenters. The minimum atomic E-state index is -3.33. The van der Waals surface area contributed by atoms with Crippen molar-refractivity contribution in [1.29, 1.82) is 0 Å². The molecule has 8 nitrogen and oxygen atoms in total. The number of hydrogen-bond acceptors (Lipinski definition) is 4. The van der Waals surface area contributed by atoms with E-state index in [1.165, 1.54) is 19.0 Å². The van der Waals surface area contributed by atoms with Crippen molar-refractivity contribution in [2.45, 2.75) is 0 Å². The summed E-state index contributed by atoms with van der Waals surface area (Å²) in [7, 11) is -0.485. The van der Waals surface area contributed by atoms with E-state index in [1.807, 2.05) is 0 Å². The van der Waals surface area contributed by atoms with Crippen LogP contribution in [-0.2, 0) is 14.8 Å². The number of sulfonamides is 1. The van der Waals surface area contributed by atoms with E-state index < -0.39 is 27.9 Å². The van der Waals surface area contributed by atoms with Gasteiger partial charge in [-0.25, -0.2) is 17.5 Å². The summed E-state index contributed by atoms with van der Waals surface area (Å²) in [5.41, 5.74) is 0. The first-order valence-corrected chi connectivity index (χ1v) is 7.00. The molecule has 1 rings (SSSR count). The van der Waals surface area contributed by atoms with Crippen LogP contribution in [0.4, 0.5) is 4.79 Å². The van der Waals surface area contributed by atoms with Gasteiger partial charge >= 0.3 is 12.0 Å². The maximum atomic E-state index is 11.5. The molecule has 0 aromatic rings. The molecule has 0 aliphatic carbocycles. The number of urea groups is 1. The van der Waals surface area contributed by atoms with Crippen molar-refractivity contribution in [2.75, 3.05) is 39.5 Å². The Morgan fingerprint density at radius 2 is 1.94 bits per heavy atom. The van der Waals surface area contributed by atoms with Crippen molar-refractivity contribution in [1.82, 2.24) is 14.5 Å². The van der Waals surface area contributed by atoms with Gasteiger partial charge in [0.2, 0.25) is 10.0 Å². The van der Waals surface area contributed by atoms with E-state index in [-0.39, 0.29) is 25.4 Å². The van der Waals surface area contributed by atoms with E-state index >= 15 is 0 Å². The Bertz CT molecular complexity index is 427. The Labute approximate surface area is 106 Å². The summed E-state index contributed by atoms with van der Waals surface area (Å²) in [6.07, 6.45) is 0. The zero-order chi connectivity index (χ0) is 13.9. The maximum absolute atomic E-state index is 11.5. The molecule has 2 amide bonds. The summed E-state index contributed by atoms with van der Waals surface area (Å²) in [6, 6.07) is -0.429. The fourth-order valence-corrected chi connectivity index (χ4v) is 2.11. The highest BCUT2D eigenvalue weighted by Gasteiger charge is 2.35. The molecule has 9 heteroatoms. The van der Waals surface area contributed by atoms with Crippen LogP contribution in [0.2, 0.25) is 0 Å². The van der Waals surface area contributed by atoms with Gasteiger partial charge in [0.05, 0.1) is 11.7 Å². The molecule has 0 aromatic heterocycles. The molecule has 0 aromatic carbocycles. The van der Waals surface area contributed by atoms with Crippen molar-refractivity contribution < 1.29 is 23.1 Å². The quantitative estimate of drug-likeness (QED) is 0.644. The van der Waals surface area contributed by atoms with Crippen LogP contribution >= 0.6 is 0 Å². The van der Waals surface area contributed by atoms with Gasteiger partial charge in [0.15, 0.2) is 0 Å². The lowest BCUT2D eigenvalue weighted by molar-refractivity contribution is -0.146. The highest BCUT2D eigenvalue weighted by Crippen LogP contribution is 2.14. The minimum absolute atomic E-state index is 0.00752. The van der Waals surface area contributed by atoms with E-state index in [1.54, 1.807) is 0 Å². The first kappa shape index (κ1) is 14.7. The summed E-state index contributed by atoms with van der Waals surface area (Å²) in [5.74, 6) is -1.61. The molecule has 0 bridgehead atoms. The second kappa shape index (κ2) is 5.53. The van der Waals surface area contributed by atoms with Crippen molar-refractivity contribution >= 4 is 22.0 Å². The predicted octanol–water partition coefficient (Wildman–Crippen LogP) is -1.40. The van der Waals surface area contributed by atoms with Gasteiger partial charge in [-0.3, -0.25) is 4.79 Å². The van der Waals surface area contributed by atoms with Crippen LogP contribution in [0.15, 0.2) is 0 Å². The van der Waals surface area contributed by atoms with Gasteiger partial charge in [-0.1, -0.05) is 0 Å². The number of nitrogens with zero attached hydrogens (tertiary/aromatic N) is 2. The molecule has 1 aliphatic heterocycles. The molecular weight excluding hydrogens is 262 g/mol. The third-order valence-electron chi connectivity index (χ3n) is 2.71. The number of carboxylic acids is 1. The van der Waals surface area contributed by atoms with Gasteiger partial charge in [0.1, 0.15) is 0 Å². The molecule has 1 aliphatic rings. The molecule has 1 fully saturated rings. The monoisotopic (exact) mass is 279 g/mol. The maximum Gasteiger partial charge on any atom is 0.317 e. The Morgan fingerprint density at radius 1 is 1.39 bits per heavy atom. The fourth-order valence-electron chi connectivity index (χ4n) is 1.38. The van der Waals surface area contributed by atoms with Crippen molar-refractivity contribution in [3.05, 3.63) is 0 Å². The van der Waals surface area contributed by atoms with E-state index in [9.17, 15) is 18.0 Å². The lowest BCUT2D eigenvalue weighted by Gasteiger charge is -2.36. The molecule has 1 saturated heterocycles. The smallest absolute Gasteiger partial charge is 0.317 e. The average Bonchev–Trinajstić information content (AvgIpc) is 2.13. The molecule has 0 unspecified atom stereocenters. The first-order chi connectivity index (χ1) is 8.24. The lowest BCUT2D eigenvalue weighted by atomic mass is 10.0. The van der Waals surface area contributed by atoms with E-state index in [2.05, 4.69) is 5.32 Å². The van der Waals surface area contributed by atoms with Gasteiger partial charge in [-0.05, 0) is 0 Å². The van der Waals surface area contributed by atoms with Crippen molar-refractivity contribution in [3.63, 3.8) is 0 Å². The van der Waals surface area contributed by atoms with Gasteiger partial charge in [-0.2, -0.15) is 0 Å². The number of aliphatic carboxylic acids is 1. The Morgan fingerprint density at radius 3 is 2.39 bits per heavy atom. The lowest BCUT2D eigenvalue weighted by Crippen LogP contribution is -2.56. The minimum Gasteiger partial charge on any atom is -0.481 e. The fraction of sp³-hybridized carbons (Fsp3) is 0.778. The molecule has 0 spiro atoms. The molecule has 104 valence electrons. The SMILES string of the molecule is CN(C)S(=O)(=O)CCNC(=O)N1CC(C(=O)O)C1. The predicted molar refractivity (Wildman–Crippen MR) is 63.6 cm³/mol. The van der Waals surface area contributed by atoms with Gasteiger partial charge in [0, 0.05) is 33.7 Å². The van der Waals surface area contributed by atoms with Gasteiger partial charge in [0.25, 0.3) is 0 Å². The summed E-state index contributed by atoms with van der Waals surface area (Å²) in [6.45, 7) is 0.344. The van der Waals surface area contributed by atoms with Crippen LogP contribution < -0.4 is 5.32 Å². The third kappa shape index (κ3) is 3.57. The zero-order valence-electron chi connectivity index (χ0n) is 10.3.